The molecule has 2 heterocycles. The lowest BCUT2D eigenvalue weighted by molar-refractivity contribution is -0.149. The molecular formula is C26H34N2O7. The molecule has 2 N–H and O–H groups in total. The van der Waals surface area contributed by atoms with Crippen molar-refractivity contribution in [2.75, 3.05) is 20.7 Å². The summed E-state index contributed by atoms with van der Waals surface area (Å²) in [5, 5.41) is 11.7. The van der Waals surface area contributed by atoms with E-state index in [2.05, 4.69) is 29.4 Å². The molecule has 1 amide bonds. The SMILES string of the molecule is COc1ccc2c3c1O[C@H]1C[C@@H](OC(=O)CCC(=O)N[C@H](C(=O)O)C(C)C)C=CC31CCN(C)C2. The van der Waals surface area contributed by atoms with Crippen molar-refractivity contribution < 1.29 is 33.7 Å². The van der Waals surface area contributed by atoms with Crippen LogP contribution in [0.3, 0.4) is 0 Å². The minimum Gasteiger partial charge on any atom is -0.493 e. The first-order valence-electron chi connectivity index (χ1n) is 12.1. The third-order valence-electron chi connectivity index (χ3n) is 7.22. The minimum absolute atomic E-state index is 0.125. The van der Waals surface area contributed by atoms with E-state index >= 15 is 0 Å². The van der Waals surface area contributed by atoms with E-state index in [-0.39, 0.29) is 30.3 Å². The number of aliphatic carboxylic acids is 1. The number of amides is 1. The molecular weight excluding hydrogens is 452 g/mol. The summed E-state index contributed by atoms with van der Waals surface area (Å²) in [6.45, 7) is 5.17. The molecule has 0 bridgehead atoms. The Morgan fingerprint density at radius 2 is 2.06 bits per heavy atom. The number of carbonyl (C=O) groups excluding carboxylic acids is 2. The number of hydrogen-bond acceptors (Lipinski definition) is 7. The molecule has 0 radical (unpaired) electrons. The second kappa shape index (κ2) is 9.89. The van der Waals surface area contributed by atoms with Crippen LogP contribution in [0.2, 0.25) is 0 Å². The largest absolute Gasteiger partial charge is 0.493 e. The number of rotatable bonds is 8. The molecule has 1 spiro atoms. The van der Waals surface area contributed by atoms with Crippen molar-refractivity contribution in [1.29, 1.82) is 0 Å². The first-order chi connectivity index (χ1) is 16.6. The normalized spacial score (nSPS) is 25.6. The van der Waals surface area contributed by atoms with E-state index in [4.69, 9.17) is 14.2 Å². The maximum atomic E-state index is 12.5. The predicted molar refractivity (Wildman–Crippen MR) is 127 cm³/mol. The van der Waals surface area contributed by atoms with Gasteiger partial charge in [0, 0.05) is 24.9 Å². The molecule has 4 rings (SSSR count). The van der Waals surface area contributed by atoms with Crippen molar-refractivity contribution in [2.24, 2.45) is 5.92 Å². The Hall–Kier alpha value is -3.07. The first kappa shape index (κ1) is 25.0. The van der Waals surface area contributed by atoms with E-state index in [1.807, 2.05) is 12.1 Å². The van der Waals surface area contributed by atoms with Gasteiger partial charge in [-0.1, -0.05) is 26.0 Å². The van der Waals surface area contributed by atoms with Crippen molar-refractivity contribution in [1.82, 2.24) is 10.2 Å². The highest BCUT2D eigenvalue weighted by atomic mass is 16.6. The Morgan fingerprint density at radius 3 is 2.74 bits per heavy atom. The molecule has 9 heteroatoms. The molecule has 35 heavy (non-hydrogen) atoms. The highest BCUT2D eigenvalue weighted by Gasteiger charge is 2.53. The highest BCUT2D eigenvalue weighted by Crippen LogP contribution is 2.55. The summed E-state index contributed by atoms with van der Waals surface area (Å²) in [5.41, 5.74) is 2.09. The van der Waals surface area contributed by atoms with Gasteiger partial charge < -0.3 is 29.5 Å². The number of methoxy groups -OCH3 is 1. The van der Waals surface area contributed by atoms with E-state index in [0.717, 1.165) is 25.3 Å². The van der Waals surface area contributed by atoms with E-state index < -0.39 is 30.0 Å². The van der Waals surface area contributed by atoms with Gasteiger partial charge in [-0.15, -0.1) is 0 Å². The average molecular weight is 487 g/mol. The van der Waals surface area contributed by atoms with Crippen molar-refractivity contribution in [3.8, 4) is 11.5 Å². The van der Waals surface area contributed by atoms with Gasteiger partial charge in [-0.25, -0.2) is 4.79 Å². The summed E-state index contributed by atoms with van der Waals surface area (Å²) in [6, 6.07) is 3.06. The number of carbonyl (C=O) groups is 3. The third kappa shape index (κ3) is 4.87. The van der Waals surface area contributed by atoms with E-state index in [0.29, 0.717) is 12.2 Å². The zero-order valence-electron chi connectivity index (χ0n) is 20.7. The van der Waals surface area contributed by atoms with Crippen molar-refractivity contribution >= 4 is 17.8 Å². The number of nitrogens with zero attached hydrogens (tertiary/aromatic N) is 1. The number of carboxylic acids is 1. The summed E-state index contributed by atoms with van der Waals surface area (Å²) in [5.74, 6) is -0.872. The molecule has 1 aliphatic carbocycles. The number of ether oxygens (including phenoxy) is 3. The number of hydrogen-bond donors (Lipinski definition) is 2. The molecule has 2 aliphatic heterocycles. The molecule has 3 aliphatic rings. The fraction of sp³-hybridized carbons (Fsp3) is 0.577. The number of esters is 1. The number of nitrogens with one attached hydrogen (secondary N) is 1. The number of carboxylic acid groups (broad SMARTS) is 1. The maximum Gasteiger partial charge on any atom is 0.326 e. The molecule has 0 fully saturated rings. The fourth-order valence-electron chi connectivity index (χ4n) is 5.36. The van der Waals surface area contributed by atoms with Gasteiger partial charge in [0.25, 0.3) is 0 Å². The van der Waals surface area contributed by atoms with Gasteiger partial charge in [-0.3, -0.25) is 9.59 Å². The lowest BCUT2D eigenvalue weighted by Gasteiger charge is -2.36. The van der Waals surface area contributed by atoms with Crippen molar-refractivity contribution in [2.45, 2.75) is 69.7 Å². The average Bonchev–Trinajstić information content (AvgIpc) is 3.07. The molecule has 1 aromatic rings. The smallest absolute Gasteiger partial charge is 0.326 e. The first-order valence-corrected chi connectivity index (χ1v) is 12.1. The van der Waals surface area contributed by atoms with Crippen LogP contribution in [0.4, 0.5) is 0 Å². The summed E-state index contributed by atoms with van der Waals surface area (Å²) < 4.78 is 17.7. The van der Waals surface area contributed by atoms with Crippen LogP contribution >= 0.6 is 0 Å². The van der Waals surface area contributed by atoms with E-state index in [1.165, 1.54) is 11.1 Å². The summed E-state index contributed by atoms with van der Waals surface area (Å²) in [6.07, 6.45) is 4.54. The van der Waals surface area contributed by atoms with Crippen molar-refractivity contribution in [3.63, 3.8) is 0 Å². The van der Waals surface area contributed by atoms with E-state index in [1.54, 1.807) is 21.0 Å². The lowest BCUT2D eigenvalue weighted by atomic mass is 9.69. The summed E-state index contributed by atoms with van der Waals surface area (Å²) in [7, 11) is 3.74. The Balaban J connectivity index is 1.42. The zero-order chi connectivity index (χ0) is 25.3. The Morgan fingerprint density at radius 1 is 1.29 bits per heavy atom. The Bertz CT molecular complexity index is 1040. The van der Waals surface area contributed by atoms with Crippen LogP contribution in [0.15, 0.2) is 24.3 Å². The maximum absolute atomic E-state index is 12.5. The molecule has 1 aromatic carbocycles. The van der Waals surface area contributed by atoms with Gasteiger partial charge in [0.2, 0.25) is 5.91 Å². The van der Waals surface area contributed by atoms with Gasteiger partial charge >= 0.3 is 11.9 Å². The standard InChI is InChI=1S/C26H34N2O7/c1-15(2)23(25(31)32)27-20(29)7-8-21(30)34-17-9-10-26-11-12-28(3)14-16-5-6-18(33-4)24(22(16)26)35-19(26)13-17/h5-6,9-10,15,17,19,23H,7-8,11-14H2,1-4H3,(H,27,29)(H,31,32)/t17-,19-,23-,26?/m0/s1. The van der Waals surface area contributed by atoms with Crippen LogP contribution in [0.5, 0.6) is 11.5 Å². The van der Waals surface area contributed by atoms with Crippen LogP contribution in [0, 0.1) is 5.92 Å². The van der Waals surface area contributed by atoms with Gasteiger partial charge in [0.05, 0.1) is 18.9 Å². The minimum atomic E-state index is -1.10. The van der Waals surface area contributed by atoms with Gasteiger partial charge in [0.15, 0.2) is 11.5 Å². The zero-order valence-corrected chi connectivity index (χ0v) is 20.7. The van der Waals surface area contributed by atoms with Gasteiger partial charge in [0.1, 0.15) is 18.2 Å². The Kier molecular flexibility index (Phi) is 7.07. The van der Waals surface area contributed by atoms with Crippen LogP contribution in [-0.4, -0.2) is 66.8 Å². The monoisotopic (exact) mass is 486 g/mol. The molecule has 4 atom stereocenters. The highest BCUT2D eigenvalue weighted by molar-refractivity contribution is 5.86. The summed E-state index contributed by atoms with van der Waals surface area (Å²) >= 11 is 0. The predicted octanol–water partition coefficient (Wildman–Crippen LogP) is 2.41. The molecule has 190 valence electrons. The molecule has 0 saturated carbocycles. The molecule has 1 unspecified atom stereocenters. The quantitative estimate of drug-likeness (QED) is 0.425. The van der Waals surface area contributed by atoms with Crippen molar-refractivity contribution in [3.05, 3.63) is 35.4 Å². The lowest BCUT2D eigenvalue weighted by Crippen LogP contribution is -2.44. The fourth-order valence-corrected chi connectivity index (χ4v) is 5.36. The van der Waals surface area contributed by atoms with Crippen LogP contribution < -0.4 is 14.8 Å². The summed E-state index contributed by atoms with van der Waals surface area (Å²) in [4.78, 5) is 38.2. The van der Waals surface area contributed by atoms with Gasteiger partial charge in [-0.05, 0) is 43.6 Å². The molecule has 0 saturated heterocycles. The topological polar surface area (TPSA) is 114 Å². The van der Waals surface area contributed by atoms with Crippen LogP contribution in [0.1, 0.15) is 50.7 Å². The van der Waals surface area contributed by atoms with E-state index in [9.17, 15) is 19.5 Å². The Labute approximate surface area is 205 Å². The second-order valence-corrected chi connectivity index (χ2v) is 10.0. The third-order valence-corrected chi connectivity index (χ3v) is 7.22. The molecule has 9 nitrogen and oxygen atoms in total. The van der Waals surface area contributed by atoms with Gasteiger partial charge in [-0.2, -0.15) is 0 Å². The second-order valence-electron chi connectivity index (χ2n) is 10.0. The van der Waals surface area contributed by atoms with Crippen LogP contribution in [-0.2, 0) is 31.1 Å². The van der Waals surface area contributed by atoms with Crippen LogP contribution in [0.25, 0.3) is 0 Å². The molecule has 0 aromatic heterocycles. The number of benzene rings is 1.